The van der Waals surface area contributed by atoms with Crippen LogP contribution in [0.5, 0.6) is 5.75 Å². The van der Waals surface area contributed by atoms with E-state index in [0.717, 1.165) is 11.3 Å². The lowest BCUT2D eigenvalue weighted by molar-refractivity contribution is -0.113. The van der Waals surface area contributed by atoms with Gasteiger partial charge in [-0.25, -0.2) is 0 Å². The van der Waals surface area contributed by atoms with E-state index in [-0.39, 0.29) is 25.2 Å². The van der Waals surface area contributed by atoms with Gasteiger partial charge in [-0.1, -0.05) is 30.3 Å². The first-order valence-electron chi connectivity index (χ1n) is 8.79. The molecule has 1 heterocycles. The molecular formula is C21H22N2O3S. The van der Waals surface area contributed by atoms with Crippen LogP contribution < -0.4 is 9.64 Å². The fourth-order valence-electron chi connectivity index (χ4n) is 2.56. The highest BCUT2D eigenvalue weighted by molar-refractivity contribution is 8.19. The van der Waals surface area contributed by atoms with Gasteiger partial charge >= 0.3 is 0 Å². The van der Waals surface area contributed by atoms with Crippen LogP contribution in [0, 0.1) is 0 Å². The lowest BCUT2D eigenvalue weighted by Crippen LogP contribution is -2.29. The number of aliphatic imine (C=N–C) groups is 1. The van der Waals surface area contributed by atoms with Gasteiger partial charge in [-0.05, 0) is 61.5 Å². The molecule has 1 saturated heterocycles. The van der Waals surface area contributed by atoms with E-state index in [4.69, 9.17) is 9.84 Å². The molecule has 27 heavy (non-hydrogen) atoms. The predicted molar refractivity (Wildman–Crippen MR) is 111 cm³/mol. The summed E-state index contributed by atoms with van der Waals surface area (Å²) in [6.45, 7) is 4.22. The van der Waals surface area contributed by atoms with Crippen LogP contribution in [0.3, 0.4) is 0 Å². The maximum Gasteiger partial charge on any atom is 0.271 e. The first-order valence-corrected chi connectivity index (χ1v) is 9.60. The number of carbonyl (C=O) groups is 1. The van der Waals surface area contributed by atoms with Gasteiger partial charge in [-0.15, -0.1) is 0 Å². The molecule has 2 aromatic rings. The first-order chi connectivity index (χ1) is 13.1. The average Bonchev–Trinajstić information content (AvgIpc) is 2.96. The number of hydrogen-bond acceptors (Lipinski definition) is 5. The Kier molecular flexibility index (Phi) is 6.32. The van der Waals surface area contributed by atoms with Gasteiger partial charge in [0.25, 0.3) is 5.91 Å². The van der Waals surface area contributed by atoms with Crippen molar-refractivity contribution in [1.29, 1.82) is 0 Å². The fraction of sp³-hybridized carbons (Fsp3) is 0.238. The minimum absolute atomic E-state index is 0.0236. The molecule has 0 aromatic heterocycles. The van der Waals surface area contributed by atoms with Crippen LogP contribution in [0.15, 0.2) is 64.5 Å². The van der Waals surface area contributed by atoms with E-state index in [9.17, 15) is 4.79 Å². The van der Waals surface area contributed by atoms with Crippen LogP contribution in [-0.2, 0) is 4.79 Å². The maximum absolute atomic E-state index is 13.0. The standard InChI is InChI=1S/C21H22N2O3S/c1-15(2)22-21-23(17-6-4-3-5-7-17)20(25)19(27-21)14-16-8-10-18(11-9-16)26-13-12-24/h3-11,14-15,24H,12-13H2,1-2H3/b19-14-,22-21-. The number of anilines is 1. The number of aliphatic hydroxyl groups is 1. The van der Waals surface area contributed by atoms with Gasteiger partial charge in [0.05, 0.1) is 17.2 Å². The molecule has 6 heteroatoms. The lowest BCUT2D eigenvalue weighted by Gasteiger charge is -2.16. The van der Waals surface area contributed by atoms with Gasteiger partial charge in [0.2, 0.25) is 0 Å². The molecule has 1 aliphatic heterocycles. The van der Waals surface area contributed by atoms with Gasteiger partial charge in [0.15, 0.2) is 5.17 Å². The lowest BCUT2D eigenvalue weighted by atomic mass is 10.2. The minimum atomic E-state index is -0.0776. The highest BCUT2D eigenvalue weighted by atomic mass is 32.2. The number of amides is 1. The van der Waals surface area contributed by atoms with E-state index >= 15 is 0 Å². The molecule has 0 radical (unpaired) electrons. The van der Waals surface area contributed by atoms with Crippen molar-refractivity contribution in [2.24, 2.45) is 4.99 Å². The van der Waals surface area contributed by atoms with E-state index in [2.05, 4.69) is 4.99 Å². The molecule has 1 aliphatic rings. The third-order valence-electron chi connectivity index (χ3n) is 3.73. The van der Waals surface area contributed by atoms with Crippen LogP contribution in [0.4, 0.5) is 5.69 Å². The zero-order valence-corrected chi connectivity index (χ0v) is 16.1. The summed E-state index contributed by atoms with van der Waals surface area (Å²) in [5, 5.41) is 9.51. The van der Waals surface area contributed by atoms with Crippen molar-refractivity contribution in [2.75, 3.05) is 18.1 Å². The Morgan fingerprint density at radius 2 is 1.85 bits per heavy atom. The summed E-state index contributed by atoms with van der Waals surface area (Å²) in [6.07, 6.45) is 1.86. The Morgan fingerprint density at radius 3 is 2.48 bits per heavy atom. The quantitative estimate of drug-likeness (QED) is 0.769. The summed E-state index contributed by atoms with van der Waals surface area (Å²) in [6, 6.07) is 17.1. The van der Waals surface area contributed by atoms with E-state index < -0.39 is 0 Å². The van der Waals surface area contributed by atoms with Crippen LogP contribution in [0.2, 0.25) is 0 Å². The molecule has 0 unspecified atom stereocenters. The number of ether oxygens (including phenoxy) is 1. The summed E-state index contributed by atoms with van der Waals surface area (Å²) in [5.41, 5.74) is 1.71. The normalized spacial score (nSPS) is 17.3. The van der Waals surface area contributed by atoms with Crippen molar-refractivity contribution in [3.8, 4) is 5.75 Å². The maximum atomic E-state index is 13.0. The van der Waals surface area contributed by atoms with Crippen molar-refractivity contribution < 1.29 is 14.6 Å². The zero-order chi connectivity index (χ0) is 19.2. The molecule has 0 atom stereocenters. The fourth-order valence-corrected chi connectivity index (χ4v) is 3.67. The third kappa shape index (κ3) is 4.78. The Morgan fingerprint density at radius 1 is 1.15 bits per heavy atom. The summed E-state index contributed by atoms with van der Waals surface area (Å²) in [7, 11) is 0. The number of aliphatic hydroxyl groups excluding tert-OH is 1. The topological polar surface area (TPSA) is 62.1 Å². The third-order valence-corrected chi connectivity index (χ3v) is 4.71. The number of benzene rings is 2. The molecule has 1 N–H and O–H groups in total. The van der Waals surface area contributed by atoms with Gasteiger partial charge < -0.3 is 9.84 Å². The molecule has 2 aromatic carbocycles. The number of nitrogens with zero attached hydrogens (tertiary/aromatic N) is 2. The summed E-state index contributed by atoms with van der Waals surface area (Å²) in [4.78, 5) is 19.9. The molecule has 140 valence electrons. The Balaban J connectivity index is 1.88. The second-order valence-electron chi connectivity index (χ2n) is 6.23. The number of carbonyl (C=O) groups excluding carboxylic acids is 1. The summed E-state index contributed by atoms with van der Waals surface area (Å²) < 4.78 is 5.37. The zero-order valence-electron chi connectivity index (χ0n) is 15.3. The van der Waals surface area contributed by atoms with E-state index in [0.29, 0.717) is 15.8 Å². The van der Waals surface area contributed by atoms with Gasteiger partial charge in [0.1, 0.15) is 12.4 Å². The van der Waals surface area contributed by atoms with Crippen LogP contribution in [0.1, 0.15) is 19.4 Å². The molecule has 0 spiro atoms. The molecular weight excluding hydrogens is 360 g/mol. The molecule has 5 nitrogen and oxygen atoms in total. The Hall–Kier alpha value is -2.57. The Labute approximate surface area is 163 Å². The molecule has 0 aliphatic carbocycles. The molecule has 0 saturated carbocycles. The number of rotatable bonds is 6. The minimum Gasteiger partial charge on any atom is -0.491 e. The highest BCUT2D eigenvalue weighted by Gasteiger charge is 2.34. The monoisotopic (exact) mass is 382 g/mol. The second kappa shape index (κ2) is 8.88. The van der Waals surface area contributed by atoms with E-state index in [1.807, 2.05) is 74.5 Å². The van der Waals surface area contributed by atoms with Crippen LogP contribution in [-0.4, -0.2) is 35.4 Å². The van der Waals surface area contributed by atoms with E-state index in [1.54, 1.807) is 4.90 Å². The summed E-state index contributed by atoms with van der Waals surface area (Å²) >= 11 is 1.39. The smallest absolute Gasteiger partial charge is 0.271 e. The van der Waals surface area contributed by atoms with Gasteiger partial charge in [-0.3, -0.25) is 14.7 Å². The number of para-hydroxylation sites is 1. The van der Waals surface area contributed by atoms with Gasteiger partial charge in [-0.2, -0.15) is 0 Å². The molecule has 1 amide bonds. The first kappa shape index (κ1) is 19.2. The van der Waals surface area contributed by atoms with Crippen molar-refractivity contribution in [1.82, 2.24) is 0 Å². The molecule has 3 rings (SSSR count). The molecule has 1 fully saturated rings. The summed E-state index contributed by atoms with van der Waals surface area (Å²) in [5.74, 6) is 0.607. The number of hydrogen-bond donors (Lipinski definition) is 1. The van der Waals surface area contributed by atoms with Crippen molar-refractivity contribution in [3.05, 3.63) is 65.1 Å². The Bertz CT molecular complexity index is 845. The van der Waals surface area contributed by atoms with Crippen LogP contribution in [0.25, 0.3) is 6.08 Å². The van der Waals surface area contributed by atoms with Gasteiger partial charge in [0, 0.05) is 6.04 Å². The van der Waals surface area contributed by atoms with Crippen LogP contribution >= 0.6 is 11.8 Å². The SMILES string of the molecule is CC(C)/N=C1\S/C(=C\c2ccc(OCCO)cc2)C(=O)N1c1ccccc1. The molecule has 0 bridgehead atoms. The second-order valence-corrected chi connectivity index (χ2v) is 7.24. The number of amidine groups is 1. The highest BCUT2D eigenvalue weighted by Crippen LogP contribution is 2.36. The predicted octanol–water partition coefficient (Wildman–Crippen LogP) is 3.94. The van der Waals surface area contributed by atoms with Crippen molar-refractivity contribution >= 4 is 34.6 Å². The van der Waals surface area contributed by atoms with Crippen molar-refractivity contribution in [3.63, 3.8) is 0 Å². The van der Waals surface area contributed by atoms with E-state index in [1.165, 1.54) is 11.8 Å². The number of thioether (sulfide) groups is 1. The largest absolute Gasteiger partial charge is 0.491 e. The average molecular weight is 382 g/mol. The van der Waals surface area contributed by atoms with Crippen molar-refractivity contribution in [2.45, 2.75) is 19.9 Å².